The van der Waals surface area contributed by atoms with Crippen LogP contribution in [0, 0.1) is 0 Å². The van der Waals surface area contributed by atoms with Crippen molar-refractivity contribution in [2.45, 2.75) is 12.8 Å². The van der Waals surface area contributed by atoms with Crippen LogP contribution in [-0.2, 0) is 4.79 Å². The molecule has 102 valence electrons. The highest BCUT2D eigenvalue weighted by Crippen LogP contribution is 2.15. The summed E-state index contributed by atoms with van der Waals surface area (Å²) in [6, 6.07) is 3.96. The van der Waals surface area contributed by atoms with Crippen molar-refractivity contribution in [2.75, 3.05) is 11.9 Å². The van der Waals surface area contributed by atoms with Gasteiger partial charge in [-0.25, -0.2) is 0 Å². The number of nitrogens with one attached hydrogen (secondary N) is 1. The van der Waals surface area contributed by atoms with E-state index in [0.717, 1.165) is 0 Å². The molecule has 7 nitrogen and oxygen atoms in total. The first-order valence-corrected chi connectivity index (χ1v) is 5.59. The zero-order valence-corrected chi connectivity index (χ0v) is 10.2. The van der Waals surface area contributed by atoms with E-state index in [2.05, 4.69) is 5.32 Å². The van der Waals surface area contributed by atoms with Crippen molar-refractivity contribution in [3.8, 4) is 0 Å². The fourth-order valence-corrected chi connectivity index (χ4v) is 1.45. The van der Waals surface area contributed by atoms with Crippen LogP contribution in [-0.4, -0.2) is 29.4 Å². The lowest BCUT2D eigenvalue weighted by Gasteiger charge is -2.08. The minimum atomic E-state index is -0.728. The molecule has 1 rings (SSSR count). The third-order valence-electron chi connectivity index (χ3n) is 2.35. The molecule has 0 aromatic heterocycles. The van der Waals surface area contributed by atoms with E-state index in [1.165, 1.54) is 18.2 Å². The second-order valence-corrected chi connectivity index (χ2v) is 3.90. The average Bonchev–Trinajstić information content (AvgIpc) is 2.35. The lowest BCUT2D eigenvalue weighted by molar-refractivity contribution is -0.116. The van der Waals surface area contributed by atoms with Gasteiger partial charge in [-0.1, -0.05) is 0 Å². The van der Waals surface area contributed by atoms with Gasteiger partial charge < -0.3 is 21.9 Å². The van der Waals surface area contributed by atoms with Crippen LogP contribution < -0.4 is 16.8 Å². The highest BCUT2D eigenvalue weighted by Gasteiger charge is 2.10. The van der Waals surface area contributed by atoms with Crippen LogP contribution in [0.4, 0.5) is 5.69 Å². The normalized spacial score (nSPS) is 9.95. The third kappa shape index (κ3) is 4.40. The molecular formula is C12H15N3O4. The van der Waals surface area contributed by atoms with E-state index in [9.17, 15) is 14.4 Å². The summed E-state index contributed by atoms with van der Waals surface area (Å²) >= 11 is 0. The first-order valence-electron chi connectivity index (χ1n) is 5.59. The zero-order chi connectivity index (χ0) is 14.4. The summed E-state index contributed by atoms with van der Waals surface area (Å²) in [5.74, 6) is -1.80. The standard InChI is InChI=1S/C12H15N3O4/c13-11(18)7-4-8(12(14)19)6-9(5-7)15-10(17)2-1-3-16/h4-6,16H,1-3H2,(H2,13,18)(H2,14,19)(H,15,17). The highest BCUT2D eigenvalue weighted by atomic mass is 16.3. The summed E-state index contributed by atoms with van der Waals surface area (Å²) in [5.41, 5.74) is 10.7. The number of amides is 3. The van der Waals surface area contributed by atoms with Crippen LogP contribution in [0.3, 0.4) is 0 Å². The van der Waals surface area contributed by atoms with Gasteiger partial charge in [-0.15, -0.1) is 0 Å². The molecule has 1 aromatic carbocycles. The minimum absolute atomic E-state index is 0.0776. The molecule has 0 saturated carbocycles. The molecule has 3 amide bonds. The number of hydrogen-bond acceptors (Lipinski definition) is 4. The average molecular weight is 265 g/mol. The fourth-order valence-electron chi connectivity index (χ4n) is 1.45. The van der Waals surface area contributed by atoms with E-state index in [4.69, 9.17) is 16.6 Å². The summed E-state index contributed by atoms with van der Waals surface area (Å²) in [4.78, 5) is 33.7. The number of aliphatic hydroxyl groups is 1. The van der Waals surface area contributed by atoms with Crippen LogP contribution in [0.5, 0.6) is 0 Å². The van der Waals surface area contributed by atoms with E-state index in [-0.39, 0.29) is 35.7 Å². The number of nitrogens with two attached hydrogens (primary N) is 2. The Kier molecular flexibility index (Phi) is 5.01. The van der Waals surface area contributed by atoms with E-state index >= 15 is 0 Å². The van der Waals surface area contributed by atoms with Gasteiger partial charge in [0.1, 0.15) is 0 Å². The number of primary amides is 2. The molecule has 1 aromatic rings. The van der Waals surface area contributed by atoms with E-state index < -0.39 is 11.8 Å². The summed E-state index contributed by atoms with van der Waals surface area (Å²) in [7, 11) is 0. The molecular weight excluding hydrogens is 250 g/mol. The van der Waals surface area contributed by atoms with E-state index in [0.29, 0.717) is 6.42 Å². The van der Waals surface area contributed by atoms with Crippen LogP contribution in [0.15, 0.2) is 18.2 Å². The molecule has 0 aliphatic heterocycles. The maximum absolute atomic E-state index is 11.5. The molecule has 0 heterocycles. The Morgan fingerprint density at radius 3 is 2.00 bits per heavy atom. The molecule has 0 radical (unpaired) electrons. The second-order valence-electron chi connectivity index (χ2n) is 3.90. The molecule has 0 fully saturated rings. The predicted molar refractivity (Wildman–Crippen MR) is 68.4 cm³/mol. The Balaban J connectivity index is 2.96. The molecule has 0 saturated heterocycles. The minimum Gasteiger partial charge on any atom is -0.396 e. The monoisotopic (exact) mass is 265 g/mol. The van der Waals surface area contributed by atoms with Gasteiger partial charge in [-0.2, -0.15) is 0 Å². The van der Waals surface area contributed by atoms with Crippen LogP contribution in [0.25, 0.3) is 0 Å². The van der Waals surface area contributed by atoms with Crippen molar-refractivity contribution >= 4 is 23.4 Å². The number of benzene rings is 1. The van der Waals surface area contributed by atoms with Crippen molar-refractivity contribution in [1.29, 1.82) is 0 Å². The molecule has 19 heavy (non-hydrogen) atoms. The van der Waals surface area contributed by atoms with Gasteiger partial charge in [-0.3, -0.25) is 14.4 Å². The van der Waals surface area contributed by atoms with Crippen molar-refractivity contribution < 1.29 is 19.5 Å². The Hall–Kier alpha value is -2.41. The SMILES string of the molecule is NC(=O)c1cc(NC(=O)CCCO)cc(C(N)=O)c1. The number of carbonyl (C=O) groups is 3. The Labute approximate surface area is 109 Å². The molecule has 0 bridgehead atoms. The number of rotatable bonds is 6. The molecule has 6 N–H and O–H groups in total. The zero-order valence-electron chi connectivity index (χ0n) is 10.2. The Morgan fingerprint density at radius 2 is 1.58 bits per heavy atom. The summed E-state index contributed by atoms with van der Waals surface area (Å²) in [6.45, 7) is -0.0960. The number of aliphatic hydroxyl groups excluding tert-OH is 1. The van der Waals surface area contributed by atoms with Gasteiger partial charge >= 0.3 is 0 Å². The molecule has 0 atom stereocenters. The number of hydrogen-bond donors (Lipinski definition) is 4. The topological polar surface area (TPSA) is 136 Å². The van der Waals surface area contributed by atoms with Crippen molar-refractivity contribution in [3.63, 3.8) is 0 Å². The molecule has 0 spiro atoms. The van der Waals surface area contributed by atoms with E-state index in [1.54, 1.807) is 0 Å². The highest BCUT2D eigenvalue weighted by molar-refractivity contribution is 6.01. The Morgan fingerprint density at radius 1 is 1.05 bits per heavy atom. The fraction of sp³-hybridized carbons (Fsp3) is 0.250. The summed E-state index contributed by atoms with van der Waals surface area (Å²) < 4.78 is 0. The first-order chi connectivity index (χ1) is 8.93. The second kappa shape index (κ2) is 6.50. The Bertz CT molecular complexity index is 481. The van der Waals surface area contributed by atoms with Gasteiger partial charge in [-0.05, 0) is 24.6 Å². The summed E-state index contributed by atoms with van der Waals surface area (Å²) in [6.07, 6.45) is 0.452. The van der Waals surface area contributed by atoms with Gasteiger partial charge in [0.05, 0.1) is 0 Å². The van der Waals surface area contributed by atoms with Gasteiger partial charge in [0.25, 0.3) is 0 Å². The summed E-state index contributed by atoms with van der Waals surface area (Å²) in [5, 5.41) is 11.1. The quantitative estimate of drug-likeness (QED) is 0.556. The van der Waals surface area contributed by atoms with Crippen molar-refractivity contribution in [3.05, 3.63) is 29.3 Å². The smallest absolute Gasteiger partial charge is 0.248 e. The lowest BCUT2D eigenvalue weighted by atomic mass is 10.1. The van der Waals surface area contributed by atoms with Crippen LogP contribution in [0.2, 0.25) is 0 Å². The maximum Gasteiger partial charge on any atom is 0.248 e. The van der Waals surface area contributed by atoms with Gasteiger partial charge in [0, 0.05) is 29.8 Å². The van der Waals surface area contributed by atoms with Crippen molar-refractivity contribution in [2.24, 2.45) is 11.5 Å². The third-order valence-corrected chi connectivity index (χ3v) is 2.35. The van der Waals surface area contributed by atoms with Crippen molar-refractivity contribution in [1.82, 2.24) is 0 Å². The molecule has 0 aliphatic carbocycles. The number of anilines is 1. The van der Waals surface area contributed by atoms with Crippen LogP contribution >= 0.6 is 0 Å². The maximum atomic E-state index is 11.5. The van der Waals surface area contributed by atoms with Crippen LogP contribution in [0.1, 0.15) is 33.6 Å². The first kappa shape index (κ1) is 14.7. The number of carbonyl (C=O) groups excluding carboxylic acids is 3. The predicted octanol–water partition coefficient (Wildman–Crippen LogP) is -0.405. The van der Waals surface area contributed by atoms with E-state index in [1.807, 2.05) is 0 Å². The molecule has 7 heteroatoms. The molecule has 0 aliphatic rings. The largest absolute Gasteiger partial charge is 0.396 e. The van der Waals surface area contributed by atoms with Gasteiger partial charge in [0.2, 0.25) is 17.7 Å². The lowest BCUT2D eigenvalue weighted by Crippen LogP contribution is -2.18. The molecule has 0 unspecified atom stereocenters. The van der Waals surface area contributed by atoms with Gasteiger partial charge in [0.15, 0.2) is 0 Å².